The summed E-state index contributed by atoms with van der Waals surface area (Å²) in [6.07, 6.45) is 2.39. The third-order valence-electron chi connectivity index (χ3n) is 5.26. The number of hydrogen-bond acceptors (Lipinski definition) is 5. The molecule has 1 N–H and O–H groups in total. The molecule has 7 nitrogen and oxygen atoms in total. The lowest BCUT2D eigenvalue weighted by molar-refractivity contribution is -0.00722. The van der Waals surface area contributed by atoms with Crippen molar-refractivity contribution in [1.29, 1.82) is 0 Å². The number of aromatic nitrogens is 2. The van der Waals surface area contributed by atoms with Crippen molar-refractivity contribution in [3.63, 3.8) is 0 Å². The number of rotatable bonds is 5. The molecule has 1 aromatic rings. The average molecular weight is 351 g/mol. The quantitative estimate of drug-likeness (QED) is 0.868. The number of amides is 1. The molecule has 0 aliphatic carbocycles. The Balaban J connectivity index is 1.89. The lowest BCUT2D eigenvalue weighted by Gasteiger charge is -2.32. The van der Waals surface area contributed by atoms with Gasteiger partial charge in [-0.15, -0.1) is 0 Å². The zero-order valence-corrected chi connectivity index (χ0v) is 15.4. The van der Waals surface area contributed by atoms with Crippen LogP contribution in [0.2, 0.25) is 0 Å². The van der Waals surface area contributed by atoms with Gasteiger partial charge in [0.15, 0.2) is 0 Å². The van der Waals surface area contributed by atoms with Crippen LogP contribution in [0.15, 0.2) is 0 Å². The van der Waals surface area contributed by atoms with Gasteiger partial charge in [-0.05, 0) is 32.6 Å². The van der Waals surface area contributed by atoms with Crippen LogP contribution in [0.4, 0.5) is 0 Å². The Morgan fingerprint density at radius 3 is 2.72 bits per heavy atom. The highest BCUT2D eigenvalue weighted by atomic mass is 16.5. The summed E-state index contributed by atoms with van der Waals surface area (Å²) in [5.74, 6) is 0.354. The molecule has 0 saturated carbocycles. The number of piperidine rings is 1. The molecule has 25 heavy (non-hydrogen) atoms. The Morgan fingerprint density at radius 1 is 1.36 bits per heavy atom. The van der Waals surface area contributed by atoms with E-state index in [1.54, 1.807) is 11.8 Å². The van der Waals surface area contributed by atoms with Gasteiger partial charge in [0.2, 0.25) is 0 Å². The first-order valence-electron chi connectivity index (χ1n) is 9.19. The lowest BCUT2D eigenvalue weighted by atomic mass is 9.96. The molecule has 0 radical (unpaired) electrons. The van der Waals surface area contributed by atoms with Crippen LogP contribution in [0.5, 0.6) is 0 Å². The van der Waals surface area contributed by atoms with Crippen LogP contribution in [0, 0.1) is 5.92 Å². The van der Waals surface area contributed by atoms with Crippen molar-refractivity contribution in [2.75, 3.05) is 33.4 Å². The summed E-state index contributed by atoms with van der Waals surface area (Å²) >= 11 is 0. The Labute approximate surface area is 148 Å². The van der Waals surface area contributed by atoms with Crippen LogP contribution in [-0.4, -0.2) is 65.2 Å². The minimum atomic E-state index is -0.103. The van der Waals surface area contributed by atoms with E-state index in [4.69, 9.17) is 9.47 Å². The van der Waals surface area contributed by atoms with Crippen LogP contribution in [-0.2, 0) is 22.4 Å². The molecular weight excluding hydrogens is 322 g/mol. The van der Waals surface area contributed by atoms with Gasteiger partial charge < -0.3 is 19.5 Å². The van der Waals surface area contributed by atoms with Crippen molar-refractivity contribution in [3.05, 3.63) is 17.0 Å². The largest absolute Gasteiger partial charge is 0.396 e. The van der Waals surface area contributed by atoms with E-state index in [0.29, 0.717) is 44.3 Å². The highest BCUT2D eigenvalue weighted by molar-refractivity contribution is 5.94. The summed E-state index contributed by atoms with van der Waals surface area (Å²) in [7, 11) is 1.65. The van der Waals surface area contributed by atoms with E-state index in [-0.39, 0.29) is 24.7 Å². The van der Waals surface area contributed by atoms with Gasteiger partial charge in [-0.25, -0.2) is 0 Å². The number of aliphatic hydroxyl groups excluding tert-OH is 1. The van der Waals surface area contributed by atoms with E-state index >= 15 is 0 Å². The number of carbonyl (C=O) groups excluding carboxylic acids is 1. The van der Waals surface area contributed by atoms with Gasteiger partial charge in [0.25, 0.3) is 5.91 Å². The molecule has 0 spiro atoms. The molecule has 7 heteroatoms. The van der Waals surface area contributed by atoms with Gasteiger partial charge in [-0.2, -0.15) is 5.10 Å². The Hall–Kier alpha value is -1.44. The summed E-state index contributed by atoms with van der Waals surface area (Å²) in [4.78, 5) is 15.1. The normalized spacial score (nSPS) is 24.4. The van der Waals surface area contributed by atoms with Crippen molar-refractivity contribution in [3.8, 4) is 0 Å². The summed E-state index contributed by atoms with van der Waals surface area (Å²) in [6, 6.07) is 0. The number of carbonyl (C=O) groups is 1. The maximum absolute atomic E-state index is 13.2. The van der Waals surface area contributed by atoms with Gasteiger partial charge in [0.05, 0.1) is 31.1 Å². The lowest BCUT2D eigenvalue weighted by Crippen LogP contribution is -2.40. The maximum atomic E-state index is 13.2. The highest BCUT2D eigenvalue weighted by Crippen LogP contribution is 2.32. The monoisotopic (exact) mass is 351 g/mol. The molecule has 1 aromatic heterocycles. The first kappa shape index (κ1) is 18.4. The molecule has 1 amide bonds. The Bertz CT molecular complexity index is 608. The molecule has 3 rings (SSSR count). The highest BCUT2D eigenvalue weighted by Gasteiger charge is 2.34. The summed E-state index contributed by atoms with van der Waals surface area (Å²) < 4.78 is 12.9. The topological polar surface area (TPSA) is 76.8 Å². The fourth-order valence-electron chi connectivity index (χ4n) is 3.84. The van der Waals surface area contributed by atoms with E-state index in [1.807, 2.05) is 18.7 Å². The number of methoxy groups -OCH3 is 1. The van der Waals surface area contributed by atoms with Crippen LogP contribution in [0.3, 0.4) is 0 Å². The van der Waals surface area contributed by atoms with E-state index in [1.165, 1.54) is 0 Å². The SMILES string of the molecule is COCCn1nc2c(c1C(=O)N1CCC(CO)CC1)C[C@H](C)O[C@@H]2C. The fraction of sp³-hybridized carbons (Fsp3) is 0.778. The average Bonchev–Trinajstić information content (AvgIpc) is 2.98. The molecule has 3 heterocycles. The summed E-state index contributed by atoms with van der Waals surface area (Å²) in [6.45, 7) is 6.68. The van der Waals surface area contributed by atoms with Gasteiger partial charge in [0, 0.05) is 38.8 Å². The maximum Gasteiger partial charge on any atom is 0.272 e. The molecule has 1 saturated heterocycles. The van der Waals surface area contributed by atoms with E-state index in [2.05, 4.69) is 5.10 Å². The molecule has 140 valence electrons. The zero-order chi connectivity index (χ0) is 18.0. The minimum Gasteiger partial charge on any atom is -0.396 e. The first-order valence-corrected chi connectivity index (χ1v) is 9.19. The van der Waals surface area contributed by atoms with Crippen molar-refractivity contribution in [2.45, 2.75) is 51.9 Å². The van der Waals surface area contributed by atoms with Crippen molar-refractivity contribution in [1.82, 2.24) is 14.7 Å². The number of nitrogens with zero attached hydrogens (tertiary/aromatic N) is 3. The van der Waals surface area contributed by atoms with Gasteiger partial charge in [-0.3, -0.25) is 9.48 Å². The minimum absolute atomic E-state index is 0.0440. The van der Waals surface area contributed by atoms with E-state index in [9.17, 15) is 9.90 Å². The van der Waals surface area contributed by atoms with Gasteiger partial charge >= 0.3 is 0 Å². The second-order valence-electron chi connectivity index (χ2n) is 7.14. The molecule has 0 unspecified atom stereocenters. The molecular formula is C18H29N3O4. The summed E-state index contributed by atoms with van der Waals surface area (Å²) in [5.41, 5.74) is 2.59. The number of ether oxygens (including phenoxy) is 2. The second kappa shape index (κ2) is 7.85. The van der Waals surface area contributed by atoms with Crippen LogP contribution >= 0.6 is 0 Å². The molecule has 2 aliphatic rings. The number of fused-ring (bicyclic) bond motifs is 1. The summed E-state index contributed by atoms with van der Waals surface area (Å²) in [5, 5.41) is 14.0. The van der Waals surface area contributed by atoms with Crippen molar-refractivity contribution >= 4 is 5.91 Å². The molecule has 2 aliphatic heterocycles. The smallest absolute Gasteiger partial charge is 0.272 e. The Morgan fingerprint density at radius 2 is 2.08 bits per heavy atom. The number of likely N-dealkylation sites (tertiary alicyclic amines) is 1. The first-order chi connectivity index (χ1) is 12.0. The van der Waals surface area contributed by atoms with Crippen molar-refractivity contribution in [2.24, 2.45) is 5.92 Å². The molecule has 2 atom stereocenters. The second-order valence-corrected chi connectivity index (χ2v) is 7.14. The molecule has 1 fully saturated rings. The van der Waals surface area contributed by atoms with E-state index < -0.39 is 0 Å². The van der Waals surface area contributed by atoms with Crippen molar-refractivity contribution < 1.29 is 19.4 Å². The fourth-order valence-corrected chi connectivity index (χ4v) is 3.84. The van der Waals surface area contributed by atoms with Crippen LogP contribution in [0.25, 0.3) is 0 Å². The molecule has 0 bridgehead atoms. The Kier molecular flexibility index (Phi) is 5.76. The van der Waals surface area contributed by atoms with Gasteiger partial charge in [-0.1, -0.05) is 0 Å². The third kappa shape index (κ3) is 3.73. The predicted octanol–water partition coefficient (Wildman–Crippen LogP) is 1.40. The zero-order valence-electron chi connectivity index (χ0n) is 15.4. The number of hydrogen-bond donors (Lipinski definition) is 1. The van der Waals surface area contributed by atoms with Crippen LogP contribution < -0.4 is 0 Å². The molecule has 0 aromatic carbocycles. The van der Waals surface area contributed by atoms with Crippen LogP contribution in [0.1, 0.15) is 54.5 Å². The van der Waals surface area contributed by atoms with E-state index in [0.717, 1.165) is 24.1 Å². The van der Waals surface area contributed by atoms with Gasteiger partial charge in [0.1, 0.15) is 5.69 Å². The number of aliphatic hydroxyl groups is 1. The predicted molar refractivity (Wildman–Crippen MR) is 92.5 cm³/mol. The third-order valence-corrected chi connectivity index (χ3v) is 5.26. The standard InChI is InChI=1S/C18H29N3O4/c1-12-10-15-16(13(2)25-12)19-21(8-9-24-3)17(15)18(23)20-6-4-14(11-22)5-7-20/h12-14,22H,4-11H2,1-3H3/t12-,13+/m0/s1.